The molecule has 0 saturated heterocycles. The molecule has 0 aliphatic heterocycles. The van der Waals surface area contributed by atoms with Crippen LogP contribution in [0.4, 0.5) is 11.4 Å². The lowest BCUT2D eigenvalue weighted by atomic mass is 10.1. The summed E-state index contributed by atoms with van der Waals surface area (Å²) in [5.41, 5.74) is 4.96. The fourth-order valence-corrected chi connectivity index (χ4v) is 3.94. The summed E-state index contributed by atoms with van der Waals surface area (Å²) in [7, 11) is 0. The smallest absolute Gasteiger partial charge is 0.269 e. The summed E-state index contributed by atoms with van der Waals surface area (Å²) in [5.74, 6) is 1.02. The Bertz CT molecular complexity index is 1570. The second kappa shape index (κ2) is 9.90. The van der Waals surface area contributed by atoms with Gasteiger partial charge in [-0.3, -0.25) is 14.9 Å². The number of nitro benzene ring substituents is 1. The molecule has 0 radical (unpaired) electrons. The van der Waals surface area contributed by atoms with Gasteiger partial charge in [-0.15, -0.1) is 0 Å². The molecule has 0 fully saturated rings. The van der Waals surface area contributed by atoms with E-state index in [2.05, 4.69) is 10.3 Å². The van der Waals surface area contributed by atoms with Crippen molar-refractivity contribution in [1.29, 1.82) is 0 Å². The van der Waals surface area contributed by atoms with Gasteiger partial charge in [0.2, 0.25) is 11.8 Å². The number of hydrogen-bond acceptors (Lipinski definition) is 6. The number of non-ortho nitro benzene ring substituents is 1. The van der Waals surface area contributed by atoms with Crippen LogP contribution in [-0.4, -0.2) is 25.6 Å². The van der Waals surface area contributed by atoms with Crippen LogP contribution < -0.4 is 5.32 Å². The molecule has 9 heteroatoms. The Balaban J connectivity index is 1.42. The number of nitro groups is 1. The maximum atomic E-state index is 13.1. The minimum absolute atomic E-state index is 0.0122. The molecule has 184 valence electrons. The van der Waals surface area contributed by atoms with Crippen molar-refractivity contribution in [2.45, 2.75) is 20.3 Å². The third-order valence-corrected chi connectivity index (χ3v) is 5.94. The predicted molar refractivity (Wildman–Crippen MR) is 139 cm³/mol. The molecular weight excluding hydrogens is 470 g/mol. The number of benzene rings is 3. The molecule has 37 heavy (non-hydrogen) atoms. The minimum atomic E-state index is -0.449. The van der Waals surface area contributed by atoms with E-state index in [0.717, 1.165) is 22.7 Å². The molecule has 5 rings (SSSR count). The molecule has 0 bridgehead atoms. The van der Waals surface area contributed by atoms with Crippen LogP contribution in [0.25, 0.3) is 28.4 Å². The van der Waals surface area contributed by atoms with Crippen LogP contribution in [0.15, 0.2) is 89.5 Å². The van der Waals surface area contributed by atoms with Gasteiger partial charge in [0, 0.05) is 40.7 Å². The predicted octanol–water partition coefficient (Wildman–Crippen LogP) is 5.90. The number of hydrogen-bond donors (Lipinski definition) is 1. The van der Waals surface area contributed by atoms with Crippen molar-refractivity contribution in [2.75, 3.05) is 5.32 Å². The van der Waals surface area contributed by atoms with E-state index < -0.39 is 4.92 Å². The van der Waals surface area contributed by atoms with Gasteiger partial charge in [0.25, 0.3) is 5.69 Å². The normalized spacial score (nSPS) is 10.9. The molecule has 2 aromatic heterocycles. The molecule has 0 unspecified atom stereocenters. The monoisotopic (exact) mass is 493 g/mol. The number of rotatable bonds is 7. The van der Waals surface area contributed by atoms with Crippen LogP contribution in [0, 0.1) is 24.0 Å². The Morgan fingerprint density at radius 2 is 1.76 bits per heavy atom. The fourth-order valence-electron chi connectivity index (χ4n) is 3.94. The Morgan fingerprint density at radius 1 is 1.00 bits per heavy atom. The first-order valence-electron chi connectivity index (χ1n) is 11.6. The van der Waals surface area contributed by atoms with Gasteiger partial charge in [-0.05, 0) is 56.3 Å². The number of nitrogens with zero attached hydrogens (tertiary/aromatic N) is 4. The van der Waals surface area contributed by atoms with E-state index in [1.165, 1.54) is 12.1 Å². The number of carbonyl (C=O) groups is 1. The Kier molecular flexibility index (Phi) is 6.34. The van der Waals surface area contributed by atoms with Gasteiger partial charge >= 0.3 is 0 Å². The van der Waals surface area contributed by atoms with E-state index >= 15 is 0 Å². The maximum Gasteiger partial charge on any atom is 0.269 e. The fraction of sp³-hybridized carbons (Fsp3) is 0.107. The average molecular weight is 494 g/mol. The van der Waals surface area contributed by atoms with Crippen LogP contribution in [0.5, 0.6) is 0 Å². The number of amides is 1. The van der Waals surface area contributed by atoms with Crippen LogP contribution in [0.2, 0.25) is 0 Å². The number of nitrogens with one attached hydrogen (secondary N) is 1. The van der Waals surface area contributed by atoms with Crippen LogP contribution in [-0.2, 0) is 11.2 Å². The first-order chi connectivity index (χ1) is 17.9. The van der Waals surface area contributed by atoms with Crippen molar-refractivity contribution in [3.8, 4) is 28.4 Å². The summed E-state index contributed by atoms with van der Waals surface area (Å²) in [4.78, 5) is 28.1. The Morgan fingerprint density at radius 3 is 2.43 bits per heavy atom. The van der Waals surface area contributed by atoms with E-state index in [0.29, 0.717) is 28.4 Å². The van der Waals surface area contributed by atoms with Crippen molar-refractivity contribution < 1.29 is 14.1 Å². The summed E-state index contributed by atoms with van der Waals surface area (Å²) in [5, 5.41) is 18.7. The summed E-state index contributed by atoms with van der Waals surface area (Å²) in [6.45, 7) is 3.74. The van der Waals surface area contributed by atoms with Crippen molar-refractivity contribution in [3.05, 3.63) is 112 Å². The summed E-state index contributed by atoms with van der Waals surface area (Å²) < 4.78 is 7.41. The molecule has 9 nitrogen and oxygen atoms in total. The summed E-state index contributed by atoms with van der Waals surface area (Å²) in [6, 6.07) is 23.0. The zero-order valence-corrected chi connectivity index (χ0v) is 20.2. The Labute approximate surface area is 212 Å². The number of anilines is 1. The van der Waals surface area contributed by atoms with Gasteiger partial charge in [0.15, 0.2) is 0 Å². The first kappa shape index (κ1) is 23.7. The zero-order chi connectivity index (χ0) is 25.9. The van der Waals surface area contributed by atoms with E-state index in [1.807, 2.05) is 62.4 Å². The lowest BCUT2D eigenvalue weighted by Gasteiger charge is -2.07. The molecule has 0 saturated carbocycles. The van der Waals surface area contributed by atoms with E-state index in [-0.39, 0.29) is 18.0 Å². The largest absolute Gasteiger partial charge is 0.441 e. The van der Waals surface area contributed by atoms with Gasteiger partial charge in [0.05, 0.1) is 28.4 Å². The zero-order valence-electron chi connectivity index (χ0n) is 20.2. The van der Waals surface area contributed by atoms with Gasteiger partial charge in [-0.1, -0.05) is 24.3 Å². The van der Waals surface area contributed by atoms with Gasteiger partial charge in [-0.25, -0.2) is 9.67 Å². The number of aromatic nitrogens is 3. The second-order valence-corrected chi connectivity index (χ2v) is 8.55. The lowest BCUT2D eigenvalue weighted by molar-refractivity contribution is -0.384. The van der Waals surface area contributed by atoms with Gasteiger partial charge < -0.3 is 9.73 Å². The highest BCUT2D eigenvalue weighted by molar-refractivity contribution is 5.93. The number of aryl methyl sites for hydroxylation is 2. The molecule has 0 spiro atoms. The van der Waals surface area contributed by atoms with Crippen LogP contribution in [0.1, 0.15) is 17.0 Å². The highest BCUT2D eigenvalue weighted by atomic mass is 16.6. The number of oxazole rings is 1. The summed E-state index contributed by atoms with van der Waals surface area (Å²) >= 11 is 0. The molecule has 0 atom stereocenters. The molecule has 2 heterocycles. The van der Waals surface area contributed by atoms with E-state index in [4.69, 9.17) is 9.52 Å². The van der Waals surface area contributed by atoms with E-state index in [9.17, 15) is 14.9 Å². The SMILES string of the molecule is Cc1nc(-c2cccc(NC(=O)Cc3cn(-c4ccccc4)nc3-c3ccc([N+](=O)[O-])cc3)c2)oc1C. The molecular formula is C28H23N5O4. The molecule has 1 amide bonds. The molecule has 0 aliphatic carbocycles. The van der Waals surface area contributed by atoms with Crippen molar-refractivity contribution in [3.63, 3.8) is 0 Å². The third-order valence-electron chi connectivity index (χ3n) is 5.94. The highest BCUT2D eigenvalue weighted by Crippen LogP contribution is 2.27. The molecule has 5 aromatic rings. The molecule has 0 aliphatic rings. The first-order valence-corrected chi connectivity index (χ1v) is 11.6. The topological polar surface area (TPSA) is 116 Å². The average Bonchev–Trinajstić information content (AvgIpc) is 3.47. The third kappa shape index (κ3) is 5.15. The quantitative estimate of drug-likeness (QED) is 0.223. The van der Waals surface area contributed by atoms with Gasteiger partial charge in [0.1, 0.15) is 5.76 Å². The van der Waals surface area contributed by atoms with Crippen molar-refractivity contribution in [2.24, 2.45) is 0 Å². The standard InChI is InChI=1S/C28H23N5O4/c1-18-19(2)37-28(29-18)21-7-6-8-23(15-21)30-26(34)16-22-17-32(24-9-4-3-5-10-24)31-27(22)20-11-13-25(14-12-20)33(35)36/h3-15,17H,16H2,1-2H3,(H,30,34). The lowest BCUT2D eigenvalue weighted by Crippen LogP contribution is -2.14. The second-order valence-electron chi connectivity index (χ2n) is 8.55. The van der Waals surface area contributed by atoms with Crippen LogP contribution >= 0.6 is 0 Å². The van der Waals surface area contributed by atoms with Crippen LogP contribution in [0.3, 0.4) is 0 Å². The number of para-hydroxylation sites is 1. The Hall–Kier alpha value is -5.05. The molecule has 1 N–H and O–H groups in total. The van der Waals surface area contributed by atoms with E-state index in [1.54, 1.807) is 29.1 Å². The van der Waals surface area contributed by atoms with Gasteiger partial charge in [-0.2, -0.15) is 5.10 Å². The highest BCUT2D eigenvalue weighted by Gasteiger charge is 2.17. The van der Waals surface area contributed by atoms with Crippen molar-refractivity contribution in [1.82, 2.24) is 14.8 Å². The number of carbonyl (C=O) groups excluding carboxylic acids is 1. The summed E-state index contributed by atoms with van der Waals surface area (Å²) in [6.07, 6.45) is 1.86. The molecule has 3 aromatic carbocycles. The minimum Gasteiger partial charge on any atom is -0.441 e. The maximum absolute atomic E-state index is 13.1. The van der Waals surface area contributed by atoms with Crippen molar-refractivity contribution >= 4 is 17.3 Å².